The summed E-state index contributed by atoms with van der Waals surface area (Å²) in [6.07, 6.45) is 3.87. The fourth-order valence-corrected chi connectivity index (χ4v) is 4.30. The van der Waals surface area contributed by atoms with Gasteiger partial charge in [0.25, 0.3) is 0 Å². The lowest BCUT2D eigenvalue weighted by Crippen LogP contribution is -2.58. The maximum Gasteiger partial charge on any atom is 0.306 e. The summed E-state index contributed by atoms with van der Waals surface area (Å²) in [7, 11) is 1.30. The third-order valence-corrected chi connectivity index (χ3v) is 6.01. The molecule has 1 saturated heterocycles. The van der Waals surface area contributed by atoms with Crippen molar-refractivity contribution in [1.29, 1.82) is 0 Å². The molecule has 0 unspecified atom stereocenters. The molecule has 2 heterocycles. The first kappa shape index (κ1) is 23.0. The summed E-state index contributed by atoms with van der Waals surface area (Å²) in [6, 6.07) is 12.8. The average Bonchev–Trinajstić information content (AvgIpc) is 2.75. The van der Waals surface area contributed by atoms with E-state index in [4.69, 9.17) is 22.1 Å². The summed E-state index contributed by atoms with van der Waals surface area (Å²) >= 11 is 5.98. The normalized spacial score (nSPS) is 19.6. The van der Waals surface area contributed by atoms with Crippen LogP contribution in [-0.2, 0) is 27.2 Å². The van der Waals surface area contributed by atoms with E-state index >= 15 is 0 Å². The predicted octanol–water partition coefficient (Wildman–Crippen LogP) is 2.15. The second kappa shape index (κ2) is 10.1. The van der Waals surface area contributed by atoms with Crippen LogP contribution in [0.25, 0.3) is 0 Å². The zero-order chi connectivity index (χ0) is 22.4. The Morgan fingerprint density at radius 2 is 2.03 bits per heavy atom. The van der Waals surface area contributed by atoms with E-state index in [1.54, 1.807) is 23.1 Å². The summed E-state index contributed by atoms with van der Waals surface area (Å²) in [5, 5.41) is 10.7. The second-order valence-electron chi connectivity index (χ2n) is 8.25. The molecule has 3 N–H and O–H groups in total. The van der Waals surface area contributed by atoms with Crippen molar-refractivity contribution < 1.29 is 24.3 Å². The van der Waals surface area contributed by atoms with Gasteiger partial charge in [-0.2, -0.15) is 0 Å². The summed E-state index contributed by atoms with van der Waals surface area (Å²) in [6.45, 7) is 0.990. The number of nitrogens with zero attached hydrogens (tertiary/aromatic N) is 2. The van der Waals surface area contributed by atoms with Crippen LogP contribution in [0.5, 0.6) is 0 Å². The monoisotopic (exact) mass is 446 g/mol. The van der Waals surface area contributed by atoms with Gasteiger partial charge in [-0.3, -0.25) is 14.8 Å². The molecule has 0 radical (unpaired) electrons. The van der Waals surface area contributed by atoms with Gasteiger partial charge in [-0.1, -0.05) is 23.7 Å². The Balaban J connectivity index is 1.75. The molecule has 3 rings (SSSR count). The van der Waals surface area contributed by atoms with Crippen LogP contribution in [-0.4, -0.2) is 47.7 Å². The van der Waals surface area contributed by atoms with Crippen LogP contribution >= 0.6 is 11.6 Å². The Kier molecular flexibility index (Phi) is 7.51. The van der Waals surface area contributed by atoms with Crippen molar-refractivity contribution in [2.75, 3.05) is 20.2 Å². The zero-order valence-corrected chi connectivity index (χ0v) is 18.4. The number of carbonyl (C=O) groups excluding carboxylic acids is 2. The number of piperidine rings is 1. The van der Waals surface area contributed by atoms with E-state index in [9.17, 15) is 14.8 Å². The van der Waals surface area contributed by atoms with Crippen molar-refractivity contribution in [1.82, 2.24) is 4.90 Å². The summed E-state index contributed by atoms with van der Waals surface area (Å²) in [5.74, 6) is -1.26. The smallest absolute Gasteiger partial charge is 0.306 e. The van der Waals surface area contributed by atoms with Gasteiger partial charge in [-0.15, -0.1) is 0 Å². The molecule has 2 aromatic rings. The largest absolute Gasteiger partial charge is 0.469 e. The molecule has 2 atom stereocenters. The topological polar surface area (TPSA) is 96.7 Å². The summed E-state index contributed by atoms with van der Waals surface area (Å²) in [5.41, 5.74) is 7.76. The van der Waals surface area contributed by atoms with Crippen LogP contribution in [0.4, 0.5) is 0 Å². The lowest BCUT2D eigenvalue weighted by atomic mass is 9.83. The van der Waals surface area contributed by atoms with Crippen molar-refractivity contribution in [3.8, 4) is 0 Å². The van der Waals surface area contributed by atoms with Gasteiger partial charge in [0.1, 0.15) is 0 Å². The number of esters is 1. The van der Waals surface area contributed by atoms with Crippen molar-refractivity contribution in [3.63, 3.8) is 0 Å². The molecule has 1 aromatic carbocycles. The molecule has 0 saturated carbocycles. The SMILES string of the molecule is COC(=O)C[C@@H](Cc1cccc[n+]1O)C(=O)N1CCC[C@@](N)(Cc2ccc(Cl)cc2)C1. The fraction of sp³-hybridized carbons (Fsp3) is 0.435. The lowest BCUT2D eigenvalue weighted by molar-refractivity contribution is -0.909. The maximum atomic E-state index is 13.4. The van der Waals surface area contributed by atoms with Gasteiger partial charge in [0.2, 0.25) is 17.8 Å². The summed E-state index contributed by atoms with van der Waals surface area (Å²) < 4.78 is 5.78. The number of carbonyl (C=O) groups is 2. The van der Waals surface area contributed by atoms with Crippen LogP contribution in [0.1, 0.15) is 30.5 Å². The number of hydrogen-bond donors (Lipinski definition) is 2. The van der Waals surface area contributed by atoms with Crippen molar-refractivity contribution in [2.24, 2.45) is 11.7 Å². The number of benzene rings is 1. The Bertz CT molecular complexity index is 921. The number of methoxy groups -OCH3 is 1. The minimum Gasteiger partial charge on any atom is -0.469 e. The van der Waals surface area contributed by atoms with Crippen LogP contribution < -0.4 is 10.5 Å². The van der Waals surface area contributed by atoms with Gasteiger partial charge >= 0.3 is 5.97 Å². The third kappa shape index (κ3) is 6.18. The van der Waals surface area contributed by atoms with Crippen LogP contribution in [0, 0.1) is 5.92 Å². The van der Waals surface area contributed by atoms with E-state index in [0.29, 0.717) is 30.2 Å². The number of nitrogens with two attached hydrogens (primary N) is 1. The standard InChI is InChI=1S/C23H29ClN3O4/c1-31-21(28)14-18(13-20-5-2-3-12-27(20)30)22(29)26-11-4-10-23(25,16-26)15-17-6-8-19(24)9-7-17/h2-3,5-9,12,18,30H,4,10-11,13-16,25H2,1H3/q+1/t18-,23-/m1/s1. The van der Waals surface area contributed by atoms with Crippen LogP contribution in [0.2, 0.25) is 5.02 Å². The number of hydrogen-bond acceptors (Lipinski definition) is 5. The summed E-state index contributed by atoms with van der Waals surface area (Å²) in [4.78, 5) is 27.1. The molecular formula is C23H29ClN3O4+. The number of likely N-dealkylation sites (tertiary alicyclic amines) is 1. The van der Waals surface area contributed by atoms with E-state index < -0.39 is 17.4 Å². The van der Waals surface area contributed by atoms with Gasteiger partial charge in [-0.25, -0.2) is 0 Å². The highest BCUT2D eigenvalue weighted by Crippen LogP contribution is 2.26. The molecule has 31 heavy (non-hydrogen) atoms. The molecule has 0 bridgehead atoms. The average molecular weight is 447 g/mol. The molecule has 7 nitrogen and oxygen atoms in total. The Morgan fingerprint density at radius 1 is 1.29 bits per heavy atom. The number of amides is 1. The molecule has 0 spiro atoms. The van der Waals surface area contributed by atoms with Gasteiger partial charge in [0.15, 0.2) is 0 Å². The minimum atomic E-state index is -0.647. The molecule has 166 valence electrons. The van der Waals surface area contributed by atoms with Gasteiger partial charge in [-0.05, 0) is 43.0 Å². The Morgan fingerprint density at radius 3 is 2.71 bits per heavy atom. The number of pyridine rings is 1. The fourth-order valence-electron chi connectivity index (χ4n) is 4.17. The third-order valence-electron chi connectivity index (χ3n) is 5.76. The number of halogens is 1. The quantitative estimate of drug-likeness (QED) is 0.386. The van der Waals surface area contributed by atoms with Crippen molar-refractivity contribution in [2.45, 2.75) is 37.6 Å². The molecular weight excluding hydrogens is 418 g/mol. The van der Waals surface area contributed by atoms with E-state index in [1.807, 2.05) is 24.3 Å². The molecule has 1 amide bonds. The van der Waals surface area contributed by atoms with Crippen LogP contribution in [0.3, 0.4) is 0 Å². The zero-order valence-electron chi connectivity index (χ0n) is 17.7. The lowest BCUT2D eigenvalue weighted by Gasteiger charge is -2.41. The Labute approximate surface area is 187 Å². The van der Waals surface area contributed by atoms with E-state index in [0.717, 1.165) is 23.1 Å². The molecule has 1 fully saturated rings. The molecule has 0 aliphatic carbocycles. The predicted molar refractivity (Wildman–Crippen MR) is 116 cm³/mol. The number of ether oxygens (including phenoxy) is 1. The minimum absolute atomic E-state index is 0.0600. The molecule has 8 heteroatoms. The van der Waals surface area contributed by atoms with Crippen molar-refractivity contribution in [3.05, 3.63) is 64.9 Å². The Hall–Kier alpha value is -2.64. The molecule has 1 aliphatic heterocycles. The van der Waals surface area contributed by atoms with E-state index in [-0.39, 0.29) is 18.7 Å². The first-order chi connectivity index (χ1) is 14.8. The van der Waals surface area contributed by atoms with E-state index in [1.165, 1.54) is 13.3 Å². The number of rotatable bonds is 7. The molecule has 1 aliphatic rings. The first-order valence-electron chi connectivity index (χ1n) is 10.4. The second-order valence-corrected chi connectivity index (χ2v) is 8.68. The van der Waals surface area contributed by atoms with Gasteiger partial charge < -0.3 is 15.4 Å². The van der Waals surface area contributed by atoms with Crippen molar-refractivity contribution >= 4 is 23.5 Å². The number of aromatic nitrogens is 1. The molecule has 1 aromatic heterocycles. The van der Waals surface area contributed by atoms with Gasteiger partial charge in [0, 0.05) is 46.9 Å². The maximum absolute atomic E-state index is 13.4. The highest BCUT2D eigenvalue weighted by Gasteiger charge is 2.37. The van der Waals surface area contributed by atoms with Gasteiger partial charge in [0.05, 0.1) is 19.4 Å². The van der Waals surface area contributed by atoms with Crippen LogP contribution in [0.15, 0.2) is 48.7 Å². The highest BCUT2D eigenvalue weighted by molar-refractivity contribution is 6.30. The highest BCUT2D eigenvalue weighted by atomic mass is 35.5. The van der Waals surface area contributed by atoms with E-state index in [2.05, 4.69) is 0 Å². The first-order valence-corrected chi connectivity index (χ1v) is 10.8.